The maximum absolute atomic E-state index is 11.3. The number of likely N-dealkylation sites (N-methyl/N-ethyl adjacent to an activating group) is 1. The number of rotatable bonds is 3. The number of hydrogen-bond donors (Lipinski definition) is 1. The minimum Gasteiger partial charge on any atom is -0.436 e. The molecule has 5 heteroatoms. The number of halogens is 1. The van der Waals surface area contributed by atoms with E-state index in [9.17, 15) is 9.90 Å². The number of hydrogen-bond acceptors (Lipinski definition) is 3. The summed E-state index contributed by atoms with van der Waals surface area (Å²) in [4.78, 5) is 12.4. The Morgan fingerprint density at radius 2 is 2.31 bits per heavy atom. The number of carbonyl (C=O) groups is 1. The van der Waals surface area contributed by atoms with Crippen molar-refractivity contribution in [3.05, 3.63) is 22.8 Å². The molecule has 0 unspecified atom stereocenters. The van der Waals surface area contributed by atoms with Gasteiger partial charge in [0.1, 0.15) is 0 Å². The molecule has 0 saturated carbocycles. The fourth-order valence-corrected chi connectivity index (χ4v) is 1.68. The second-order valence-electron chi connectivity index (χ2n) is 3.54. The zero-order valence-electron chi connectivity index (χ0n) is 9.61. The molecule has 0 aromatic heterocycles. The van der Waals surface area contributed by atoms with Gasteiger partial charge >= 0.3 is 6.09 Å². The molecular weight excluding hydrogens is 230 g/mol. The van der Waals surface area contributed by atoms with E-state index in [4.69, 9.17) is 16.3 Å². The zero-order chi connectivity index (χ0) is 12.3. The number of amides is 1. The van der Waals surface area contributed by atoms with Gasteiger partial charge in [-0.15, -0.1) is 0 Å². The number of ether oxygens (including phenoxy) is 1. The van der Waals surface area contributed by atoms with E-state index in [1.807, 2.05) is 13.8 Å². The van der Waals surface area contributed by atoms with Crippen molar-refractivity contribution >= 4 is 17.7 Å². The van der Waals surface area contributed by atoms with E-state index in [0.29, 0.717) is 17.0 Å². The number of nitrogens with zero attached hydrogens (tertiary/aromatic N) is 1. The second kappa shape index (κ2) is 5.37. The molecule has 90 valence electrons. The summed E-state index contributed by atoms with van der Waals surface area (Å²) in [7, 11) is 1.49. The van der Waals surface area contributed by atoms with Gasteiger partial charge in [-0.1, -0.05) is 30.7 Å². The van der Waals surface area contributed by atoms with Crippen molar-refractivity contribution in [1.29, 1.82) is 0 Å². The van der Waals surface area contributed by atoms with Gasteiger partial charge in [-0.25, -0.2) is 4.79 Å². The summed E-state index contributed by atoms with van der Waals surface area (Å²) >= 11 is 6.06. The van der Waals surface area contributed by atoms with Crippen LogP contribution in [0, 0.1) is 0 Å². The Hall–Kier alpha value is -1.00. The average Bonchev–Trinajstić information content (AvgIpc) is 2.53. The molecule has 0 aromatic carbocycles. The van der Waals surface area contributed by atoms with Crippen LogP contribution in [0.25, 0.3) is 0 Å². The van der Waals surface area contributed by atoms with Crippen LogP contribution in [-0.4, -0.2) is 35.5 Å². The minimum absolute atomic E-state index is 0.542. The lowest BCUT2D eigenvalue weighted by Gasteiger charge is -2.17. The Balaban J connectivity index is 3.03. The summed E-state index contributed by atoms with van der Waals surface area (Å²) < 4.78 is 5.07. The lowest BCUT2D eigenvalue weighted by atomic mass is 10.1. The van der Waals surface area contributed by atoms with Gasteiger partial charge in [0.15, 0.2) is 12.3 Å². The van der Waals surface area contributed by atoms with Gasteiger partial charge in [0.25, 0.3) is 0 Å². The zero-order valence-corrected chi connectivity index (χ0v) is 10.4. The first-order valence-electron chi connectivity index (χ1n) is 5.15. The van der Waals surface area contributed by atoms with Crippen LogP contribution in [0.15, 0.2) is 22.8 Å². The molecule has 1 fully saturated rings. The van der Waals surface area contributed by atoms with E-state index < -0.39 is 18.4 Å². The summed E-state index contributed by atoms with van der Waals surface area (Å²) in [5.74, 6) is 0. The fraction of sp³-hybridized carbons (Fsp3) is 0.545. The summed E-state index contributed by atoms with van der Waals surface area (Å²) in [5.41, 5.74) is 0.650. The van der Waals surface area contributed by atoms with Crippen LogP contribution in [-0.2, 0) is 4.74 Å². The Morgan fingerprint density at radius 3 is 2.69 bits per heavy atom. The molecule has 1 amide bonds. The molecule has 4 nitrogen and oxygen atoms in total. The highest BCUT2D eigenvalue weighted by molar-refractivity contribution is 6.30. The fourth-order valence-electron chi connectivity index (χ4n) is 1.51. The van der Waals surface area contributed by atoms with Crippen molar-refractivity contribution in [2.24, 2.45) is 0 Å². The monoisotopic (exact) mass is 245 g/mol. The van der Waals surface area contributed by atoms with Crippen LogP contribution in [0.5, 0.6) is 0 Å². The number of cyclic esters (lactones) is 1. The Bertz CT molecular complexity index is 338. The Morgan fingerprint density at radius 1 is 1.69 bits per heavy atom. The van der Waals surface area contributed by atoms with Crippen molar-refractivity contribution in [3.63, 3.8) is 0 Å². The Labute approximate surface area is 100 Å². The van der Waals surface area contributed by atoms with Crippen molar-refractivity contribution in [2.75, 3.05) is 7.05 Å². The predicted molar refractivity (Wildman–Crippen MR) is 62.0 cm³/mol. The number of aliphatic hydroxyl groups excluding tert-OH is 1. The van der Waals surface area contributed by atoms with Crippen LogP contribution in [0.2, 0.25) is 0 Å². The van der Waals surface area contributed by atoms with Crippen LogP contribution in [0.3, 0.4) is 0 Å². The van der Waals surface area contributed by atoms with Crippen molar-refractivity contribution in [2.45, 2.75) is 32.6 Å². The van der Waals surface area contributed by atoms with E-state index in [0.717, 1.165) is 4.90 Å². The molecule has 2 atom stereocenters. The lowest BCUT2D eigenvalue weighted by Crippen LogP contribution is -2.33. The number of allylic oxidation sites excluding steroid dienone is 2. The first-order valence-corrected chi connectivity index (χ1v) is 5.53. The first-order chi connectivity index (χ1) is 7.52. The minimum atomic E-state index is -0.987. The predicted octanol–water partition coefficient (Wildman–Crippen LogP) is 2.23. The van der Waals surface area contributed by atoms with E-state index in [1.54, 1.807) is 12.2 Å². The van der Waals surface area contributed by atoms with Crippen molar-refractivity contribution in [1.82, 2.24) is 4.90 Å². The third-order valence-corrected chi connectivity index (χ3v) is 2.95. The maximum Gasteiger partial charge on any atom is 0.412 e. The number of aliphatic hydroxyl groups is 1. The normalized spacial score (nSPS) is 27.3. The molecule has 0 aliphatic carbocycles. The molecule has 1 saturated heterocycles. The van der Waals surface area contributed by atoms with Crippen LogP contribution in [0.4, 0.5) is 4.79 Å². The summed E-state index contributed by atoms with van der Waals surface area (Å²) in [6, 6.07) is 0. The highest BCUT2D eigenvalue weighted by Gasteiger charge is 2.40. The lowest BCUT2D eigenvalue weighted by molar-refractivity contribution is 0.0412. The van der Waals surface area contributed by atoms with Gasteiger partial charge < -0.3 is 9.84 Å². The molecule has 1 aliphatic heterocycles. The van der Waals surface area contributed by atoms with Crippen LogP contribution in [0.1, 0.15) is 20.3 Å². The molecule has 0 radical (unpaired) electrons. The SMILES string of the molecule is C/C=C\C(=C(\Cl)CC)[C@@H]1OC(=O)N(C)[C@@H]1O. The van der Waals surface area contributed by atoms with Gasteiger partial charge in [-0.3, -0.25) is 4.90 Å². The van der Waals surface area contributed by atoms with Gasteiger partial charge in [0.2, 0.25) is 0 Å². The van der Waals surface area contributed by atoms with Crippen LogP contribution < -0.4 is 0 Å². The molecule has 1 heterocycles. The highest BCUT2D eigenvalue weighted by Crippen LogP contribution is 2.27. The maximum atomic E-state index is 11.3. The molecule has 0 bridgehead atoms. The highest BCUT2D eigenvalue weighted by atomic mass is 35.5. The summed E-state index contributed by atoms with van der Waals surface area (Å²) in [6.45, 7) is 3.74. The smallest absolute Gasteiger partial charge is 0.412 e. The van der Waals surface area contributed by atoms with Gasteiger partial charge in [0.05, 0.1) is 0 Å². The second-order valence-corrected chi connectivity index (χ2v) is 4.00. The Kier molecular flexibility index (Phi) is 4.38. The van der Waals surface area contributed by atoms with Gasteiger partial charge in [-0.2, -0.15) is 0 Å². The average molecular weight is 246 g/mol. The van der Waals surface area contributed by atoms with Crippen LogP contribution >= 0.6 is 11.6 Å². The standard InChI is InChI=1S/C11H16ClNO3/c1-4-6-7(8(12)5-2)9-10(14)13(3)11(15)16-9/h4,6,9-10,14H,5H2,1-3H3/b6-4-,8-7-/t9-,10+/m0/s1. The van der Waals surface area contributed by atoms with E-state index in [1.165, 1.54) is 7.05 Å². The molecule has 0 spiro atoms. The van der Waals surface area contributed by atoms with Gasteiger partial charge in [0, 0.05) is 17.7 Å². The van der Waals surface area contributed by atoms with E-state index in [2.05, 4.69) is 0 Å². The number of carbonyl (C=O) groups excluding carboxylic acids is 1. The molecule has 0 aromatic rings. The largest absolute Gasteiger partial charge is 0.436 e. The molecule has 16 heavy (non-hydrogen) atoms. The van der Waals surface area contributed by atoms with Crippen molar-refractivity contribution in [3.8, 4) is 0 Å². The first kappa shape index (κ1) is 13.1. The molecular formula is C11H16ClNO3. The quantitative estimate of drug-likeness (QED) is 0.776. The third kappa shape index (κ3) is 2.39. The van der Waals surface area contributed by atoms with Crippen molar-refractivity contribution < 1.29 is 14.6 Å². The molecule has 1 aliphatic rings. The van der Waals surface area contributed by atoms with E-state index in [-0.39, 0.29) is 0 Å². The summed E-state index contributed by atoms with van der Waals surface area (Å²) in [5, 5.41) is 10.4. The van der Waals surface area contributed by atoms with Gasteiger partial charge in [-0.05, 0) is 13.3 Å². The molecule has 1 rings (SSSR count). The molecule has 1 N–H and O–H groups in total. The topological polar surface area (TPSA) is 49.8 Å². The summed E-state index contributed by atoms with van der Waals surface area (Å²) in [6.07, 6.45) is 1.95. The van der Waals surface area contributed by atoms with E-state index >= 15 is 0 Å². The third-order valence-electron chi connectivity index (χ3n) is 2.46.